The number of ether oxygens (including phenoxy) is 7. The number of alkyl halides is 1. The van der Waals surface area contributed by atoms with E-state index in [0.717, 1.165) is 23.5 Å². The summed E-state index contributed by atoms with van der Waals surface area (Å²) in [4.78, 5) is 38.5. The first-order chi connectivity index (χ1) is 21.1. The van der Waals surface area contributed by atoms with E-state index in [1.165, 1.54) is 6.20 Å². The van der Waals surface area contributed by atoms with Crippen molar-refractivity contribution in [2.45, 2.75) is 108 Å². The number of hydrogen-bond acceptors (Lipinski definition) is 15. The van der Waals surface area contributed by atoms with Crippen LogP contribution in [-0.2, 0) is 51.3 Å². The van der Waals surface area contributed by atoms with Gasteiger partial charge in [0.2, 0.25) is 6.79 Å². The van der Waals surface area contributed by atoms with E-state index in [9.17, 15) is 24.1 Å². The fraction of sp³-hybridized carbons (Fsp3) is 0.808. The van der Waals surface area contributed by atoms with Crippen LogP contribution in [0.4, 0.5) is 9.18 Å². The first kappa shape index (κ1) is 35.6. The van der Waals surface area contributed by atoms with Crippen LogP contribution in [0.25, 0.3) is 0 Å². The number of aliphatic hydroxyl groups is 1. The van der Waals surface area contributed by atoms with Crippen molar-refractivity contribution in [3.8, 4) is 0 Å². The highest BCUT2D eigenvalue weighted by molar-refractivity contribution is 7.48. The molecule has 4 rings (SSSR count). The Morgan fingerprint density at radius 2 is 1.82 bits per heavy atom. The van der Waals surface area contributed by atoms with Crippen molar-refractivity contribution >= 4 is 14.0 Å². The number of aliphatic hydroxyl groups excluding tert-OH is 1. The summed E-state index contributed by atoms with van der Waals surface area (Å²) in [6, 6.07) is 1.09. The summed E-state index contributed by atoms with van der Waals surface area (Å²) < 4.78 is 84.0. The maximum atomic E-state index is 15.2. The predicted octanol–water partition coefficient (Wildman–Crippen LogP) is 2.57. The molecule has 0 radical (unpaired) electrons. The molecule has 6 atom stereocenters. The smallest absolute Gasteiger partial charge is 0.432 e. The van der Waals surface area contributed by atoms with Crippen LogP contribution >= 0.6 is 7.82 Å². The number of hydrogen-bond donors (Lipinski definition) is 2. The zero-order chi connectivity index (χ0) is 33.0. The second kappa shape index (κ2) is 14.3. The largest absolute Gasteiger partial charge is 0.510 e. The molecule has 1 aromatic heterocycles. The molecule has 256 valence electrons. The molecule has 2 N–H and O–H groups in total. The summed E-state index contributed by atoms with van der Waals surface area (Å²) in [6.45, 7) is 2.21. The third-order valence-corrected chi connectivity index (χ3v) is 8.55. The Morgan fingerprint density at radius 3 is 2.44 bits per heavy atom. The van der Waals surface area contributed by atoms with E-state index in [-0.39, 0.29) is 0 Å². The average Bonchev–Trinajstić information content (AvgIpc) is 3.58. The molecule has 1 saturated carbocycles. The van der Waals surface area contributed by atoms with Crippen molar-refractivity contribution in [1.82, 2.24) is 9.55 Å². The van der Waals surface area contributed by atoms with E-state index in [2.05, 4.69) is 4.98 Å². The summed E-state index contributed by atoms with van der Waals surface area (Å²) in [6.07, 6.45) is -0.945. The number of aromatic amines is 1. The average molecular weight is 671 g/mol. The number of carbonyl (C=O) groups excluding carboxylic acids is 1. The number of phosphoric ester groups is 1. The third-order valence-electron chi connectivity index (χ3n) is 7.27. The Kier molecular flexibility index (Phi) is 11.3. The predicted molar refractivity (Wildman–Crippen MR) is 147 cm³/mol. The molecule has 3 aliphatic rings. The fourth-order valence-corrected chi connectivity index (χ4v) is 6.41. The number of aromatic nitrogens is 2. The second-order valence-corrected chi connectivity index (χ2v) is 13.2. The van der Waals surface area contributed by atoms with Crippen LogP contribution in [-0.4, -0.2) is 89.5 Å². The Labute approximate surface area is 257 Å². The maximum absolute atomic E-state index is 15.2. The molecule has 3 heterocycles. The fourth-order valence-electron chi connectivity index (χ4n) is 5.44. The van der Waals surface area contributed by atoms with E-state index in [1.54, 1.807) is 34.6 Å². The minimum atomic E-state index is -4.79. The number of carbonyl (C=O) groups is 1. The molecule has 0 bridgehead atoms. The molecule has 45 heavy (non-hydrogen) atoms. The SMILES string of the molecule is CC(C)OC(=O)OCOP(=O)(OCOC(O)OC(C)C)OC[C@@]1(CF)O[C@@H](n2ccc(=O)[nH]c2=O)[C@]2(C)OC3(CCCC3)O[C@H]12. The van der Waals surface area contributed by atoms with Gasteiger partial charge in [-0.1, -0.05) is 0 Å². The van der Waals surface area contributed by atoms with Gasteiger partial charge in [0.1, 0.15) is 18.4 Å². The van der Waals surface area contributed by atoms with E-state index < -0.39 is 100 Å². The Bertz CT molecular complexity index is 1330. The van der Waals surface area contributed by atoms with Crippen LogP contribution in [0.1, 0.15) is 66.5 Å². The van der Waals surface area contributed by atoms with E-state index >= 15 is 4.39 Å². The first-order valence-corrected chi connectivity index (χ1v) is 15.9. The third kappa shape index (κ3) is 8.19. The highest BCUT2D eigenvalue weighted by atomic mass is 31.2. The van der Waals surface area contributed by atoms with Crippen LogP contribution < -0.4 is 11.2 Å². The number of rotatable bonds is 15. The Morgan fingerprint density at radius 1 is 1.13 bits per heavy atom. The lowest BCUT2D eigenvalue weighted by Gasteiger charge is -2.34. The zero-order valence-electron chi connectivity index (χ0n) is 25.6. The van der Waals surface area contributed by atoms with Crippen molar-refractivity contribution < 1.29 is 65.6 Å². The van der Waals surface area contributed by atoms with Gasteiger partial charge in [-0.3, -0.25) is 23.4 Å². The number of fused-ring (bicyclic) bond motifs is 1. The Hall–Kier alpha value is -2.25. The topological polar surface area (TPSA) is 202 Å². The van der Waals surface area contributed by atoms with Gasteiger partial charge in [0.05, 0.1) is 18.8 Å². The number of nitrogens with zero attached hydrogens (tertiary/aromatic N) is 1. The van der Waals surface area contributed by atoms with Crippen molar-refractivity contribution in [3.05, 3.63) is 33.1 Å². The van der Waals surface area contributed by atoms with Crippen molar-refractivity contribution in [3.63, 3.8) is 0 Å². The summed E-state index contributed by atoms with van der Waals surface area (Å²) in [7, 11) is -4.79. The Balaban J connectivity index is 1.58. The molecule has 1 aliphatic carbocycles. The van der Waals surface area contributed by atoms with Crippen molar-refractivity contribution in [1.29, 1.82) is 0 Å². The molecule has 19 heteroatoms. The van der Waals surface area contributed by atoms with Crippen LogP contribution in [0.3, 0.4) is 0 Å². The van der Waals surface area contributed by atoms with Gasteiger partial charge < -0.3 is 38.3 Å². The standard InChI is InChI=1S/C26H40FN2O15P/c1-16(2)40-22(32)35-14-38-45(34,39-15-36-23(33)41-17(3)4)37-13-25(12-27)19-24(5,44-26(42-19)9-6-7-10-26)20(43-25)29-11-8-18(30)28-21(29)31/h8,11,16-17,19-20,22,32H,6-7,9-10,12-15H2,1-5H3,(H,28,30,31)/t19-,20+,22?,24+,25+,45?/m0/s1. The zero-order valence-corrected chi connectivity index (χ0v) is 26.5. The maximum Gasteiger partial charge on any atom is 0.510 e. The first-order valence-electron chi connectivity index (χ1n) is 14.4. The van der Waals surface area contributed by atoms with Gasteiger partial charge in [0, 0.05) is 25.1 Å². The second-order valence-electron chi connectivity index (χ2n) is 11.5. The minimum Gasteiger partial charge on any atom is -0.432 e. The summed E-state index contributed by atoms with van der Waals surface area (Å²) in [5.74, 6) is -1.10. The number of H-pyrrole nitrogens is 1. The van der Waals surface area contributed by atoms with Gasteiger partial charge in [-0.15, -0.1) is 0 Å². The van der Waals surface area contributed by atoms with Gasteiger partial charge in [-0.25, -0.2) is 23.1 Å². The van der Waals surface area contributed by atoms with Crippen LogP contribution in [0.2, 0.25) is 0 Å². The summed E-state index contributed by atoms with van der Waals surface area (Å²) in [5.41, 5.74) is -5.05. The van der Waals surface area contributed by atoms with Crippen LogP contribution in [0, 0.1) is 0 Å². The highest BCUT2D eigenvalue weighted by Gasteiger charge is 2.72. The molecule has 2 saturated heterocycles. The number of phosphoric acid groups is 1. The van der Waals surface area contributed by atoms with E-state index in [4.69, 9.17) is 46.7 Å². The lowest BCUT2D eigenvalue weighted by atomic mass is 9.88. The quantitative estimate of drug-likeness (QED) is 0.156. The lowest BCUT2D eigenvalue weighted by molar-refractivity contribution is -0.295. The van der Waals surface area contributed by atoms with Gasteiger partial charge in [0.25, 0.3) is 12.0 Å². The molecular weight excluding hydrogens is 630 g/mol. The van der Waals surface area contributed by atoms with Crippen LogP contribution in [0.15, 0.2) is 21.9 Å². The molecule has 2 aliphatic heterocycles. The van der Waals surface area contributed by atoms with Gasteiger partial charge in [-0.05, 0) is 47.5 Å². The molecule has 1 aromatic rings. The molecule has 2 unspecified atom stereocenters. The van der Waals surface area contributed by atoms with E-state index in [1.807, 2.05) is 0 Å². The van der Waals surface area contributed by atoms with Gasteiger partial charge >= 0.3 is 19.7 Å². The highest BCUT2D eigenvalue weighted by Crippen LogP contribution is 2.60. The van der Waals surface area contributed by atoms with Crippen molar-refractivity contribution in [2.75, 3.05) is 26.9 Å². The van der Waals surface area contributed by atoms with Gasteiger partial charge in [-0.2, -0.15) is 0 Å². The lowest BCUT2D eigenvalue weighted by Crippen LogP contribution is -2.51. The molecule has 17 nitrogen and oxygen atoms in total. The monoisotopic (exact) mass is 670 g/mol. The normalized spacial score (nSPS) is 29.3. The summed E-state index contributed by atoms with van der Waals surface area (Å²) >= 11 is 0. The molecular formula is C26H40FN2O15P. The summed E-state index contributed by atoms with van der Waals surface area (Å²) in [5, 5.41) is 9.81. The van der Waals surface area contributed by atoms with E-state index in [0.29, 0.717) is 12.8 Å². The number of halogens is 1. The molecule has 0 amide bonds. The molecule has 1 spiro atoms. The number of nitrogens with one attached hydrogen (secondary N) is 1. The minimum absolute atomic E-state index is 0.433. The van der Waals surface area contributed by atoms with Crippen LogP contribution in [0.5, 0.6) is 0 Å². The molecule has 0 aromatic carbocycles. The molecule has 3 fully saturated rings. The van der Waals surface area contributed by atoms with Gasteiger partial charge in [0.15, 0.2) is 24.4 Å². The van der Waals surface area contributed by atoms with Crippen molar-refractivity contribution in [2.24, 2.45) is 0 Å².